The molecule has 2 aromatic carbocycles. The molecule has 0 saturated heterocycles. The van der Waals surface area contributed by atoms with Gasteiger partial charge in [-0.3, -0.25) is 0 Å². The molecule has 17 heavy (non-hydrogen) atoms. The van der Waals surface area contributed by atoms with Gasteiger partial charge in [-0.2, -0.15) is 5.26 Å². The first-order chi connectivity index (χ1) is 8.20. The summed E-state index contributed by atoms with van der Waals surface area (Å²) in [7, 11) is 0. The average Bonchev–Trinajstić information content (AvgIpc) is 2.29. The first kappa shape index (κ1) is 12.5. The lowest BCUT2D eigenvalue weighted by molar-refractivity contribution is 1.33. The summed E-state index contributed by atoms with van der Waals surface area (Å²) in [4.78, 5) is 1.94. The Morgan fingerprint density at radius 2 is 1.94 bits per heavy atom. The van der Waals surface area contributed by atoms with Gasteiger partial charge in [0.05, 0.1) is 5.56 Å². The van der Waals surface area contributed by atoms with Crippen molar-refractivity contribution in [2.75, 3.05) is 0 Å². The van der Waals surface area contributed by atoms with Crippen molar-refractivity contribution in [3.8, 4) is 6.07 Å². The summed E-state index contributed by atoms with van der Waals surface area (Å²) in [5.41, 5.74) is 0.650. The largest absolute Gasteiger partial charge is 0.192 e. The summed E-state index contributed by atoms with van der Waals surface area (Å²) < 4.78 is 0.812. The highest BCUT2D eigenvalue weighted by molar-refractivity contribution is 9.10. The van der Waals surface area contributed by atoms with Gasteiger partial charge in [0.1, 0.15) is 6.07 Å². The number of halogens is 2. The Morgan fingerprint density at radius 1 is 1.18 bits per heavy atom. The predicted molar refractivity (Wildman–Crippen MR) is 74.4 cm³/mol. The minimum absolute atomic E-state index is 0.650. The van der Waals surface area contributed by atoms with Gasteiger partial charge >= 0.3 is 0 Å². The van der Waals surface area contributed by atoms with Gasteiger partial charge in [0.25, 0.3) is 0 Å². The summed E-state index contributed by atoms with van der Waals surface area (Å²) in [6.07, 6.45) is 0. The Morgan fingerprint density at radius 3 is 2.65 bits per heavy atom. The predicted octanol–water partition coefficient (Wildman–Crippen LogP) is 5.13. The molecule has 1 nitrogen and oxygen atoms in total. The Balaban J connectivity index is 2.37. The van der Waals surface area contributed by atoms with Crippen molar-refractivity contribution in [1.29, 1.82) is 5.26 Å². The van der Waals surface area contributed by atoms with E-state index in [4.69, 9.17) is 16.9 Å². The van der Waals surface area contributed by atoms with Crippen LogP contribution in [0, 0.1) is 11.3 Å². The van der Waals surface area contributed by atoms with Crippen LogP contribution < -0.4 is 0 Å². The quantitative estimate of drug-likeness (QED) is 0.765. The maximum absolute atomic E-state index is 9.11. The smallest absolute Gasteiger partial charge is 0.102 e. The van der Waals surface area contributed by atoms with Crippen LogP contribution in [0.1, 0.15) is 5.56 Å². The zero-order chi connectivity index (χ0) is 12.3. The van der Waals surface area contributed by atoms with Crippen LogP contribution in [-0.2, 0) is 0 Å². The minimum Gasteiger partial charge on any atom is -0.192 e. The molecule has 0 amide bonds. The Labute approximate surface area is 118 Å². The monoisotopic (exact) mass is 323 g/mol. The zero-order valence-electron chi connectivity index (χ0n) is 8.65. The van der Waals surface area contributed by atoms with Crippen LogP contribution in [0.25, 0.3) is 0 Å². The fraction of sp³-hybridized carbons (Fsp3) is 0. The Hall–Kier alpha value is -0.950. The molecular weight excluding hydrogens is 318 g/mol. The van der Waals surface area contributed by atoms with Crippen LogP contribution in [0.5, 0.6) is 0 Å². The number of nitriles is 1. The maximum atomic E-state index is 9.11. The molecule has 0 aliphatic heterocycles. The van der Waals surface area contributed by atoms with Gasteiger partial charge in [-0.15, -0.1) is 0 Å². The van der Waals surface area contributed by atoms with Crippen LogP contribution in [0.4, 0.5) is 0 Å². The van der Waals surface area contributed by atoms with E-state index in [1.807, 2.05) is 42.5 Å². The van der Waals surface area contributed by atoms with Crippen LogP contribution in [0.15, 0.2) is 56.7 Å². The molecule has 0 radical (unpaired) electrons. The standard InChI is InChI=1S/C13H7BrClNS/c14-12-5-2-6-13(11(12)8-16)17-10-4-1-3-9(15)7-10/h1-7H. The second-order valence-corrected chi connectivity index (χ2v) is 5.69. The van der Waals surface area contributed by atoms with Crippen LogP contribution in [0.3, 0.4) is 0 Å². The van der Waals surface area contributed by atoms with Crippen LogP contribution >= 0.6 is 39.3 Å². The maximum Gasteiger partial charge on any atom is 0.102 e. The number of benzene rings is 2. The summed E-state index contributed by atoms with van der Waals surface area (Å²) in [6, 6.07) is 15.5. The molecule has 2 aromatic rings. The molecule has 0 bridgehead atoms. The van der Waals surface area contributed by atoms with Gasteiger partial charge in [0.15, 0.2) is 0 Å². The Kier molecular flexibility index (Phi) is 4.11. The number of nitrogens with zero attached hydrogens (tertiary/aromatic N) is 1. The van der Waals surface area contributed by atoms with Crippen molar-refractivity contribution in [2.24, 2.45) is 0 Å². The molecule has 0 aliphatic carbocycles. The normalized spacial score (nSPS) is 9.94. The summed E-state index contributed by atoms with van der Waals surface area (Å²) in [6.45, 7) is 0. The van der Waals surface area contributed by atoms with E-state index < -0.39 is 0 Å². The fourth-order valence-corrected chi connectivity index (χ4v) is 3.19. The second-order valence-electron chi connectivity index (χ2n) is 3.28. The van der Waals surface area contributed by atoms with Crippen molar-refractivity contribution in [3.63, 3.8) is 0 Å². The third-order valence-electron chi connectivity index (χ3n) is 2.11. The van der Waals surface area contributed by atoms with Crippen LogP contribution in [0.2, 0.25) is 5.02 Å². The van der Waals surface area contributed by atoms with Crippen LogP contribution in [-0.4, -0.2) is 0 Å². The molecule has 0 saturated carbocycles. The van der Waals surface area contributed by atoms with Gasteiger partial charge in [0.2, 0.25) is 0 Å². The van der Waals surface area contributed by atoms with Gasteiger partial charge in [-0.05, 0) is 46.3 Å². The molecule has 84 valence electrons. The van der Waals surface area contributed by atoms with Crippen molar-refractivity contribution in [3.05, 3.63) is 57.5 Å². The van der Waals surface area contributed by atoms with E-state index in [9.17, 15) is 0 Å². The van der Waals surface area contributed by atoms with E-state index in [1.54, 1.807) is 0 Å². The van der Waals surface area contributed by atoms with E-state index in [2.05, 4.69) is 22.0 Å². The molecule has 2 rings (SSSR count). The molecule has 0 N–H and O–H groups in total. The van der Waals surface area contributed by atoms with E-state index in [-0.39, 0.29) is 0 Å². The van der Waals surface area contributed by atoms with Crippen molar-refractivity contribution < 1.29 is 0 Å². The third kappa shape index (κ3) is 3.04. The molecule has 4 heteroatoms. The summed E-state index contributed by atoms with van der Waals surface area (Å²) in [5, 5.41) is 9.81. The highest BCUT2D eigenvalue weighted by Crippen LogP contribution is 2.34. The average molecular weight is 325 g/mol. The van der Waals surface area contributed by atoms with Gasteiger partial charge in [-0.1, -0.05) is 35.5 Å². The molecule has 0 atom stereocenters. The van der Waals surface area contributed by atoms with E-state index in [0.29, 0.717) is 10.6 Å². The van der Waals surface area contributed by atoms with E-state index in [0.717, 1.165) is 14.3 Å². The first-order valence-corrected chi connectivity index (χ1v) is 6.81. The minimum atomic E-state index is 0.650. The number of hydrogen-bond acceptors (Lipinski definition) is 2. The fourth-order valence-electron chi connectivity index (χ4n) is 1.36. The third-order valence-corrected chi connectivity index (χ3v) is 4.06. The molecular formula is C13H7BrClNS. The molecule has 0 fully saturated rings. The van der Waals surface area contributed by atoms with Crippen molar-refractivity contribution >= 4 is 39.3 Å². The van der Waals surface area contributed by atoms with E-state index in [1.165, 1.54) is 11.8 Å². The van der Waals surface area contributed by atoms with Gasteiger partial charge < -0.3 is 0 Å². The highest BCUT2D eigenvalue weighted by Gasteiger charge is 2.07. The lowest BCUT2D eigenvalue weighted by atomic mass is 10.2. The lowest BCUT2D eigenvalue weighted by Gasteiger charge is -2.05. The van der Waals surface area contributed by atoms with Crippen molar-refractivity contribution in [1.82, 2.24) is 0 Å². The summed E-state index contributed by atoms with van der Waals surface area (Å²) >= 11 is 10.8. The first-order valence-electron chi connectivity index (χ1n) is 4.83. The summed E-state index contributed by atoms with van der Waals surface area (Å²) in [5.74, 6) is 0. The highest BCUT2D eigenvalue weighted by atomic mass is 79.9. The molecule has 0 spiro atoms. The zero-order valence-corrected chi connectivity index (χ0v) is 11.8. The molecule has 0 aliphatic rings. The second kappa shape index (κ2) is 5.59. The van der Waals surface area contributed by atoms with E-state index >= 15 is 0 Å². The molecule has 0 aromatic heterocycles. The lowest BCUT2D eigenvalue weighted by Crippen LogP contribution is -1.83. The van der Waals surface area contributed by atoms with Gasteiger partial charge in [0, 0.05) is 19.3 Å². The number of rotatable bonds is 2. The topological polar surface area (TPSA) is 23.8 Å². The molecule has 0 heterocycles. The number of hydrogen-bond donors (Lipinski definition) is 0. The van der Waals surface area contributed by atoms with Gasteiger partial charge in [-0.25, -0.2) is 0 Å². The van der Waals surface area contributed by atoms with Crippen molar-refractivity contribution in [2.45, 2.75) is 9.79 Å². The molecule has 0 unspecified atom stereocenters. The Bertz CT molecular complexity index is 592. The SMILES string of the molecule is N#Cc1c(Br)cccc1Sc1cccc(Cl)c1.